The van der Waals surface area contributed by atoms with Gasteiger partial charge in [0, 0.05) is 0 Å². The van der Waals surface area contributed by atoms with E-state index in [-0.39, 0.29) is 12.7 Å². The van der Waals surface area contributed by atoms with E-state index in [0.29, 0.717) is 12.3 Å². The third-order valence-electron chi connectivity index (χ3n) is 2.92. The number of aliphatic hydroxyl groups is 2. The summed E-state index contributed by atoms with van der Waals surface area (Å²) in [6.45, 7) is 3.70. The lowest BCUT2D eigenvalue weighted by Crippen LogP contribution is -2.23. The van der Waals surface area contributed by atoms with Crippen molar-refractivity contribution in [1.29, 1.82) is 0 Å². The Hall–Kier alpha value is -0.340. The summed E-state index contributed by atoms with van der Waals surface area (Å²) in [6, 6.07) is 0. The highest BCUT2D eigenvalue weighted by atomic mass is 16.3. The molecule has 0 heterocycles. The average molecular weight is 184 g/mol. The molecular formula is C11H20O2. The van der Waals surface area contributed by atoms with E-state index in [1.165, 1.54) is 19.3 Å². The zero-order valence-electron chi connectivity index (χ0n) is 8.21. The van der Waals surface area contributed by atoms with Gasteiger partial charge in [-0.05, 0) is 30.8 Å². The molecule has 13 heavy (non-hydrogen) atoms. The lowest BCUT2D eigenvalue weighted by atomic mass is 9.83. The van der Waals surface area contributed by atoms with Crippen molar-refractivity contribution in [2.75, 3.05) is 6.61 Å². The van der Waals surface area contributed by atoms with Crippen LogP contribution in [0, 0.1) is 5.92 Å². The fourth-order valence-corrected chi connectivity index (χ4v) is 2.05. The molecule has 2 heteroatoms. The van der Waals surface area contributed by atoms with Gasteiger partial charge in [0.25, 0.3) is 0 Å². The molecule has 1 atom stereocenters. The monoisotopic (exact) mass is 184 g/mol. The first-order chi connectivity index (χ1) is 6.24. The predicted molar refractivity (Wildman–Crippen MR) is 53.4 cm³/mol. The molecule has 1 saturated carbocycles. The van der Waals surface area contributed by atoms with Gasteiger partial charge >= 0.3 is 0 Å². The second-order valence-corrected chi connectivity index (χ2v) is 4.08. The van der Waals surface area contributed by atoms with Crippen LogP contribution in [-0.2, 0) is 0 Å². The Morgan fingerprint density at radius 2 is 1.92 bits per heavy atom. The Morgan fingerprint density at radius 3 is 2.46 bits per heavy atom. The van der Waals surface area contributed by atoms with Gasteiger partial charge in [0.2, 0.25) is 0 Å². The van der Waals surface area contributed by atoms with E-state index in [9.17, 15) is 5.11 Å². The molecule has 0 aromatic heterocycles. The van der Waals surface area contributed by atoms with Crippen LogP contribution in [0.4, 0.5) is 0 Å². The molecule has 0 aromatic rings. The van der Waals surface area contributed by atoms with Crippen LogP contribution >= 0.6 is 0 Å². The van der Waals surface area contributed by atoms with E-state index in [1.54, 1.807) is 0 Å². The third-order valence-corrected chi connectivity index (χ3v) is 2.92. The van der Waals surface area contributed by atoms with Gasteiger partial charge in [-0.25, -0.2) is 0 Å². The zero-order valence-corrected chi connectivity index (χ0v) is 8.21. The molecule has 0 amide bonds. The number of hydrogen-bond acceptors (Lipinski definition) is 2. The van der Waals surface area contributed by atoms with Crippen LogP contribution in [0.15, 0.2) is 12.2 Å². The predicted octanol–water partition coefficient (Wildman–Crippen LogP) is 1.87. The molecule has 2 nitrogen and oxygen atoms in total. The SMILES string of the molecule is C=C(CO)CC(O)C1CCCCC1. The van der Waals surface area contributed by atoms with Gasteiger partial charge in [0.05, 0.1) is 12.7 Å². The first-order valence-corrected chi connectivity index (χ1v) is 5.19. The standard InChI is InChI=1S/C11H20O2/c1-9(8-12)7-11(13)10-5-3-2-4-6-10/h10-13H,1-8H2. The van der Waals surface area contributed by atoms with Gasteiger partial charge in [-0.15, -0.1) is 0 Å². The number of hydrogen-bond donors (Lipinski definition) is 2. The maximum absolute atomic E-state index is 9.80. The lowest BCUT2D eigenvalue weighted by Gasteiger charge is -2.26. The molecule has 1 rings (SSSR count). The molecule has 76 valence electrons. The summed E-state index contributed by atoms with van der Waals surface area (Å²) in [5.74, 6) is 0.442. The summed E-state index contributed by atoms with van der Waals surface area (Å²) in [6.07, 6.45) is 6.37. The van der Waals surface area contributed by atoms with Gasteiger partial charge in [-0.3, -0.25) is 0 Å². The highest BCUT2D eigenvalue weighted by Gasteiger charge is 2.21. The fraction of sp³-hybridized carbons (Fsp3) is 0.818. The Kier molecular flexibility index (Phi) is 4.46. The van der Waals surface area contributed by atoms with E-state index in [1.807, 2.05) is 0 Å². The van der Waals surface area contributed by atoms with Crippen molar-refractivity contribution in [1.82, 2.24) is 0 Å². The van der Waals surface area contributed by atoms with Crippen molar-refractivity contribution in [2.45, 2.75) is 44.6 Å². The highest BCUT2D eigenvalue weighted by Crippen LogP contribution is 2.28. The van der Waals surface area contributed by atoms with Crippen molar-refractivity contribution in [3.8, 4) is 0 Å². The fourth-order valence-electron chi connectivity index (χ4n) is 2.05. The van der Waals surface area contributed by atoms with Crippen LogP contribution in [-0.4, -0.2) is 22.9 Å². The van der Waals surface area contributed by atoms with Gasteiger partial charge in [0.1, 0.15) is 0 Å². The van der Waals surface area contributed by atoms with Crippen LogP contribution in [0.25, 0.3) is 0 Å². The first-order valence-electron chi connectivity index (χ1n) is 5.19. The van der Waals surface area contributed by atoms with Crippen molar-refractivity contribution in [3.05, 3.63) is 12.2 Å². The van der Waals surface area contributed by atoms with E-state index in [0.717, 1.165) is 18.4 Å². The molecule has 1 fully saturated rings. The molecule has 0 aromatic carbocycles. The van der Waals surface area contributed by atoms with E-state index in [2.05, 4.69) is 6.58 Å². The lowest BCUT2D eigenvalue weighted by molar-refractivity contribution is 0.0826. The normalized spacial score (nSPS) is 21.4. The molecule has 2 N–H and O–H groups in total. The van der Waals surface area contributed by atoms with Gasteiger partial charge in [-0.2, -0.15) is 0 Å². The Morgan fingerprint density at radius 1 is 1.31 bits per heavy atom. The molecule has 0 bridgehead atoms. The number of rotatable bonds is 4. The Bertz CT molecular complexity index is 159. The molecule has 0 aliphatic heterocycles. The summed E-state index contributed by atoms with van der Waals surface area (Å²) in [7, 11) is 0. The van der Waals surface area contributed by atoms with Crippen molar-refractivity contribution in [2.24, 2.45) is 5.92 Å². The summed E-state index contributed by atoms with van der Waals surface area (Å²) >= 11 is 0. The number of aliphatic hydroxyl groups excluding tert-OH is 2. The zero-order chi connectivity index (χ0) is 9.68. The summed E-state index contributed by atoms with van der Waals surface area (Å²) in [5.41, 5.74) is 0.748. The van der Waals surface area contributed by atoms with Crippen LogP contribution in [0.5, 0.6) is 0 Å². The molecule has 0 radical (unpaired) electrons. The van der Waals surface area contributed by atoms with Crippen LogP contribution in [0.3, 0.4) is 0 Å². The van der Waals surface area contributed by atoms with Gasteiger partial charge in [-0.1, -0.05) is 25.8 Å². The highest BCUT2D eigenvalue weighted by molar-refractivity contribution is 4.97. The Balaban J connectivity index is 2.28. The van der Waals surface area contributed by atoms with Crippen LogP contribution in [0.1, 0.15) is 38.5 Å². The van der Waals surface area contributed by atoms with Crippen molar-refractivity contribution >= 4 is 0 Å². The third kappa shape index (κ3) is 3.49. The molecule has 0 spiro atoms. The van der Waals surface area contributed by atoms with E-state index < -0.39 is 0 Å². The second-order valence-electron chi connectivity index (χ2n) is 4.08. The maximum atomic E-state index is 9.80. The first kappa shape index (κ1) is 10.7. The van der Waals surface area contributed by atoms with E-state index >= 15 is 0 Å². The minimum Gasteiger partial charge on any atom is -0.393 e. The minimum absolute atomic E-state index is 0.00375. The molecule has 1 aliphatic carbocycles. The van der Waals surface area contributed by atoms with Gasteiger partial charge < -0.3 is 10.2 Å². The smallest absolute Gasteiger partial charge is 0.0640 e. The molecule has 1 aliphatic rings. The largest absolute Gasteiger partial charge is 0.393 e. The minimum atomic E-state index is -0.278. The van der Waals surface area contributed by atoms with Crippen molar-refractivity contribution in [3.63, 3.8) is 0 Å². The van der Waals surface area contributed by atoms with Gasteiger partial charge in [0.15, 0.2) is 0 Å². The Labute approximate surface area is 80.3 Å². The van der Waals surface area contributed by atoms with Crippen LogP contribution in [0.2, 0.25) is 0 Å². The van der Waals surface area contributed by atoms with Crippen LogP contribution < -0.4 is 0 Å². The second kappa shape index (κ2) is 5.40. The quantitative estimate of drug-likeness (QED) is 0.655. The summed E-state index contributed by atoms with van der Waals surface area (Å²) < 4.78 is 0. The topological polar surface area (TPSA) is 40.5 Å². The summed E-state index contributed by atoms with van der Waals surface area (Å²) in [5, 5.41) is 18.6. The van der Waals surface area contributed by atoms with Crippen molar-refractivity contribution < 1.29 is 10.2 Å². The molecular weight excluding hydrogens is 164 g/mol. The molecule has 0 saturated heterocycles. The molecule has 1 unspecified atom stereocenters. The summed E-state index contributed by atoms with van der Waals surface area (Å²) in [4.78, 5) is 0. The van der Waals surface area contributed by atoms with E-state index in [4.69, 9.17) is 5.11 Å². The maximum Gasteiger partial charge on any atom is 0.0640 e. The average Bonchev–Trinajstić information content (AvgIpc) is 2.19.